The second kappa shape index (κ2) is 9.21. The van der Waals surface area contributed by atoms with E-state index in [0.29, 0.717) is 38.5 Å². The molecule has 1 aliphatic rings. The number of benzene rings is 2. The highest BCUT2D eigenvalue weighted by Crippen LogP contribution is 2.44. The van der Waals surface area contributed by atoms with Crippen molar-refractivity contribution in [1.29, 1.82) is 0 Å². The molecule has 0 fully saturated rings. The molecule has 6 nitrogen and oxygen atoms in total. The number of thiazole rings is 1. The number of hydrogen-bond acceptors (Lipinski definition) is 7. The monoisotopic (exact) mass is 510 g/mol. The number of aromatic nitrogens is 1. The van der Waals surface area contributed by atoms with Crippen LogP contribution in [0, 0.1) is 0 Å². The Hall–Kier alpha value is -3.20. The lowest BCUT2D eigenvalue weighted by Crippen LogP contribution is -2.30. The Morgan fingerprint density at radius 1 is 1.21 bits per heavy atom. The van der Waals surface area contributed by atoms with Crippen LogP contribution in [0.25, 0.3) is 10.2 Å². The van der Waals surface area contributed by atoms with Crippen molar-refractivity contribution in [2.24, 2.45) is 0 Å². The molecule has 0 saturated heterocycles. The first kappa shape index (κ1) is 22.6. The molecule has 0 aliphatic carbocycles. The topological polar surface area (TPSA) is 79.7 Å². The van der Waals surface area contributed by atoms with Gasteiger partial charge in [0, 0.05) is 5.02 Å². The number of ketones is 1. The van der Waals surface area contributed by atoms with Crippen LogP contribution in [-0.4, -0.2) is 28.4 Å². The fourth-order valence-electron chi connectivity index (χ4n) is 3.85. The molecule has 4 aromatic rings. The lowest BCUT2D eigenvalue weighted by atomic mass is 9.95. The van der Waals surface area contributed by atoms with Crippen molar-refractivity contribution in [3.8, 4) is 5.75 Å². The number of anilines is 1. The molecule has 5 rings (SSSR count). The smallest absolute Gasteiger partial charge is 0.296 e. The zero-order valence-corrected chi connectivity index (χ0v) is 20.4. The zero-order valence-electron chi connectivity index (χ0n) is 18.0. The average molecular weight is 511 g/mol. The molecule has 1 N–H and O–H groups in total. The third-order valence-corrected chi connectivity index (χ3v) is 7.53. The van der Waals surface area contributed by atoms with Crippen molar-refractivity contribution in [1.82, 2.24) is 4.98 Å². The highest BCUT2D eigenvalue weighted by molar-refractivity contribution is 7.22. The second-order valence-electron chi connectivity index (χ2n) is 7.67. The summed E-state index contributed by atoms with van der Waals surface area (Å²) in [4.78, 5) is 33.2. The van der Waals surface area contributed by atoms with Gasteiger partial charge in [0.15, 0.2) is 10.9 Å². The molecule has 1 atom stereocenters. The summed E-state index contributed by atoms with van der Waals surface area (Å²) in [5, 5.41) is 13.6. The van der Waals surface area contributed by atoms with Gasteiger partial charge in [-0.3, -0.25) is 14.5 Å². The van der Waals surface area contributed by atoms with Crippen LogP contribution in [0.3, 0.4) is 0 Å². The highest BCUT2D eigenvalue weighted by Gasteiger charge is 2.46. The van der Waals surface area contributed by atoms with Crippen LogP contribution >= 0.6 is 34.3 Å². The molecular formula is C25H19ClN2O4S2. The molecule has 34 heavy (non-hydrogen) atoms. The van der Waals surface area contributed by atoms with Crippen LogP contribution in [0.15, 0.2) is 71.3 Å². The number of carbonyl (C=O) groups is 2. The van der Waals surface area contributed by atoms with Crippen LogP contribution < -0.4 is 9.64 Å². The largest absolute Gasteiger partial charge is 0.503 e. The number of aliphatic hydroxyl groups is 1. The van der Waals surface area contributed by atoms with E-state index in [1.165, 1.54) is 27.6 Å². The molecular weight excluding hydrogens is 492 g/mol. The maximum atomic E-state index is 13.4. The Bertz CT molecular complexity index is 1410. The van der Waals surface area contributed by atoms with Crippen molar-refractivity contribution < 1.29 is 19.4 Å². The maximum Gasteiger partial charge on any atom is 0.296 e. The zero-order chi connectivity index (χ0) is 23.8. The number of hydrogen-bond donors (Lipinski definition) is 1. The van der Waals surface area contributed by atoms with Crippen LogP contribution in [0.5, 0.6) is 5.75 Å². The summed E-state index contributed by atoms with van der Waals surface area (Å²) in [5.41, 5.74) is 1.38. The van der Waals surface area contributed by atoms with Crippen molar-refractivity contribution >= 4 is 61.3 Å². The highest BCUT2D eigenvalue weighted by atomic mass is 35.5. The summed E-state index contributed by atoms with van der Waals surface area (Å²) in [7, 11) is 0. The normalized spacial score (nSPS) is 16.0. The Morgan fingerprint density at radius 2 is 2.00 bits per heavy atom. The molecule has 1 amide bonds. The van der Waals surface area contributed by atoms with Crippen LogP contribution in [0.2, 0.25) is 5.02 Å². The number of thiophene rings is 1. The number of ether oxygens (including phenoxy) is 1. The first-order valence-electron chi connectivity index (χ1n) is 10.6. The van der Waals surface area contributed by atoms with Gasteiger partial charge in [-0.2, -0.15) is 0 Å². The molecule has 2 aromatic carbocycles. The van der Waals surface area contributed by atoms with E-state index in [-0.39, 0.29) is 11.4 Å². The summed E-state index contributed by atoms with van der Waals surface area (Å²) in [6.45, 7) is 2.61. The van der Waals surface area contributed by atoms with Crippen molar-refractivity contribution in [3.63, 3.8) is 0 Å². The van der Waals surface area contributed by atoms with Gasteiger partial charge in [0.2, 0.25) is 5.78 Å². The minimum atomic E-state index is -0.835. The first-order valence-corrected chi connectivity index (χ1v) is 12.7. The molecule has 0 saturated carbocycles. The average Bonchev–Trinajstić information content (AvgIpc) is 3.56. The molecule has 172 valence electrons. The number of amides is 1. The van der Waals surface area contributed by atoms with E-state index >= 15 is 0 Å². The third-order valence-electron chi connectivity index (χ3n) is 5.41. The van der Waals surface area contributed by atoms with E-state index in [4.69, 9.17) is 16.3 Å². The summed E-state index contributed by atoms with van der Waals surface area (Å²) in [6, 6.07) is 15.1. The van der Waals surface area contributed by atoms with Gasteiger partial charge in [0.25, 0.3) is 5.91 Å². The SMILES string of the molecule is CCCOc1ccc(C2C(C(=O)c3cccs3)=C(O)C(=O)N2c2nc3ccc(Cl)cc3s2)cc1. The molecule has 2 aromatic heterocycles. The Kier molecular flexibility index (Phi) is 6.12. The van der Waals surface area contributed by atoms with Gasteiger partial charge >= 0.3 is 0 Å². The van der Waals surface area contributed by atoms with Crippen LogP contribution in [-0.2, 0) is 4.79 Å². The quantitative estimate of drug-likeness (QED) is 0.284. The number of halogens is 1. The molecule has 1 aliphatic heterocycles. The standard InChI is InChI=1S/C25H19ClN2O4S2/c1-2-11-32-16-8-5-14(6-9-16)21-20(22(29)18-4-3-12-33-18)23(30)24(31)28(21)25-27-17-10-7-15(26)13-19(17)34-25/h3-10,12-13,21,30H,2,11H2,1H3. The fourth-order valence-corrected chi connectivity index (χ4v) is 5.79. The molecule has 0 spiro atoms. The van der Waals surface area contributed by atoms with Crippen LogP contribution in [0.1, 0.15) is 34.6 Å². The van der Waals surface area contributed by atoms with Crippen molar-refractivity contribution in [2.75, 3.05) is 11.5 Å². The van der Waals surface area contributed by atoms with Crippen molar-refractivity contribution in [3.05, 3.63) is 86.8 Å². The Morgan fingerprint density at radius 3 is 2.71 bits per heavy atom. The minimum absolute atomic E-state index is 0.0342. The molecule has 3 heterocycles. The lowest BCUT2D eigenvalue weighted by Gasteiger charge is -2.24. The van der Waals surface area contributed by atoms with E-state index in [1.807, 2.05) is 6.92 Å². The Labute approximate surface area is 208 Å². The van der Waals surface area contributed by atoms with Gasteiger partial charge in [0.05, 0.1) is 33.3 Å². The van der Waals surface area contributed by atoms with Gasteiger partial charge in [-0.1, -0.05) is 48.1 Å². The maximum absolute atomic E-state index is 13.4. The van der Waals surface area contributed by atoms with Crippen molar-refractivity contribution in [2.45, 2.75) is 19.4 Å². The van der Waals surface area contributed by atoms with Gasteiger partial charge in [-0.25, -0.2) is 4.98 Å². The number of aliphatic hydroxyl groups excluding tert-OH is 1. The predicted molar refractivity (Wildman–Crippen MR) is 135 cm³/mol. The van der Waals surface area contributed by atoms with Gasteiger partial charge in [0.1, 0.15) is 5.75 Å². The molecule has 0 bridgehead atoms. The van der Waals surface area contributed by atoms with Gasteiger partial charge < -0.3 is 9.84 Å². The van der Waals surface area contributed by atoms with Gasteiger partial charge in [-0.15, -0.1) is 11.3 Å². The van der Waals surface area contributed by atoms with E-state index in [9.17, 15) is 14.7 Å². The van der Waals surface area contributed by atoms with E-state index in [0.717, 1.165) is 11.1 Å². The third kappa shape index (κ3) is 3.98. The number of fused-ring (bicyclic) bond motifs is 1. The number of nitrogens with zero attached hydrogens (tertiary/aromatic N) is 2. The Balaban J connectivity index is 1.62. The fraction of sp³-hybridized carbons (Fsp3) is 0.160. The second-order valence-corrected chi connectivity index (χ2v) is 10.1. The lowest BCUT2D eigenvalue weighted by molar-refractivity contribution is -0.117. The summed E-state index contributed by atoms with van der Waals surface area (Å²) < 4.78 is 6.48. The molecule has 0 radical (unpaired) electrons. The first-order chi connectivity index (χ1) is 16.5. The number of rotatable bonds is 7. The number of carbonyl (C=O) groups excluding carboxylic acids is 2. The summed E-state index contributed by atoms with van der Waals surface area (Å²) in [5.74, 6) is -0.924. The van der Waals surface area contributed by atoms with E-state index in [2.05, 4.69) is 4.98 Å². The molecule has 1 unspecified atom stereocenters. The molecule has 9 heteroatoms. The summed E-state index contributed by atoms with van der Waals surface area (Å²) in [6.07, 6.45) is 0.879. The van der Waals surface area contributed by atoms with E-state index < -0.39 is 17.7 Å². The minimum Gasteiger partial charge on any atom is -0.503 e. The predicted octanol–water partition coefficient (Wildman–Crippen LogP) is 6.58. The van der Waals surface area contributed by atoms with Gasteiger partial charge in [-0.05, 0) is 53.8 Å². The summed E-state index contributed by atoms with van der Waals surface area (Å²) >= 11 is 8.67. The van der Waals surface area contributed by atoms with Crippen LogP contribution in [0.4, 0.5) is 5.13 Å². The van der Waals surface area contributed by atoms with E-state index in [1.54, 1.807) is 60.0 Å². The number of Topliss-reactive ketones (excluding diaryl/α,β-unsaturated/α-hetero) is 1.